The summed E-state index contributed by atoms with van der Waals surface area (Å²) < 4.78 is 29.9. The summed E-state index contributed by atoms with van der Waals surface area (Å²) in [5.74, 6) is -0.498. The Morgan fingerprint density at radius 1 is 1.65 bits per heavy atom. The van der Waals surface area contributed by atoms with E-state index in [1.54, 1.807) is 0 Å². The van der Waals surface area contributed by atoms with Gasteiger partial charge >= 0.3 is 5.97 Å². The number of rotatable bonds is 4. The van der Waals surface area contributed by atoms with Crippen molar-refractivity contribution in [1.29, 1.82) is 0 Å². The lowest BCUT2D eigenvalue weighted by molar-refractivity contribution is -0.139. The first-order valence-corrected chi connectivity index (χ1v) is 5.80. The minimum Gasteiger partial charge on any atom is -0.469 e. The third kappa shape index (κ3) is 3.36. The topological polar surface area (TPSA) is 65.2 Å². The molecule has 1 heterocycles. The fraction of sp³-hybridized carbons (Fsp3) is 0.400. The molecular formula is C10H11BrF2N2O2. The first-order valence-electron chi connectivity index (χ1n) is 4.68. The fourth-order valence-corrected chi connectivity index (χ4v) is 1.78. The van der Waals surface area contributed by atoms with Gasteiger partial charge in [-0.1, -0.05) is 15.9 Å². The highest BCUT2D eigenvalue weighted by Gasteiger charge is 2.19. The van der Waals surface area contributed by atoms with Gasteiger partial charge in [-0.15, -0.1) is 0 Å². The molecule has 0 aliphatic rings. The van der Waals surface area contributed by atoms with Crippen molar-refractivity contribution in [1.82, 2.24) is 4.98 Å². The van der Waals surface area contributed by atoms with E-state index in [4.69, 9.17) is 5.73 Å². The van der Waals surface area contributed by atoms with E-state index in [-0.39, 0.29) is 28.7 Å². The first-order chi connectivity index (χ1) is 7.99. The van der Waals surface area contributed by atoms with Crippen LogP contribution in [-0.2, 0) is 21.3 Å². The molecule has 0 radical (unpaired) electrons. The molecule has 0 amide bonds. The van der Waals surface area contributed by atoms with Crippen LogP contribution >= 0.6 is 15.9 Å². The van der Waals surface area contributed by atoms with E-state index in [1.165, 1.54) is 13.2 Å². The van der Waals surface area contributed by atoms with Crippen molar-refractivity contribution < 1.29 is 18.3 Å². The van der Waals surface area contributed by atoms with Crippen LogP contribution in [0.1, 0.15) is 23.4 Å². The highest BCUT2D eigenvalue weighted by atomic mass is 79.9. The molecule has 1 aromatic rings. The molecule has 94 valence electrons. The van der Waals surface area contributed by atoms with Crippen LogP contribution in [0.2, 0.25) is 0 Å². The summed E-state index contributed by atoms with van der Waals surface area (Å²) in [6.45, 7) is 0. The number of nitrogen functional groups attached to an aromatic ring is 1. The molecule has 2 N–H and O–H groups in total. The number of halogens is 3. The van der Waals surface area contributed by atoms with Crippen molar-refractivity contribution in [2.24, 2.45) is 0 Å². The van der Waals surface area contributed by atoms with Crippen LogP contribution in [-0.4, -0.2) is 18.1 Å². The van der Waals surface area contributed by atoms with Crippen molar-refractivity contribution in [3.8, 4) is 0 Å². The summed E-state index contributed by atoms with van der Waals surface area (Å²) in [4.78, 5) is 15.0. The van der Waals surface area contributed by atoms with Gasteiger partial charge in [0.15, 0.2) is 0 Å². The number of nitrogens with zero attached hydrogens (tertiary/aromatic N) is 1. The largest absolute Gasteiger partial charge is 0.469 e. The zero-order valence-electron chi connectivity index (χ0n) is 9.04. The molecule has 0 spiro atoms. The number of nitrogens with two attached hydrogens (primary N) is 1. The van der Waals surface area contributed by atoms with Crippen LogP contribution in [0.5, 0.6) is 0 Å². The molecule has 0 saturated heterocycles. The second-order valence-corrected chi connectivity index (χ2v) is 3.81. The van der Waals surface area contributed by atoms with Gasteiger partial charge in [0.1, 0.15) is 0 Å². The molecule has 0 unspecified atom stereocenters. The Kier molecular flexibility index (Phi) is 4.80. The average Bonchev–Trinajstić information content (AvgIpc) is 2.27. The molecule has 1 rings (SSSR count). The molecule has 0 fully saturated rings. The summed E-state index contributed by atoms with van der Waals surface area (Å²) >= 11 is 3.06. The third-order valence-electron chi connectivity index (χ3n) is 2.12. The number of pyridine rings is 1. The van der Waals surface area contributed by atoms with E-state index >= 15 is 0 Å². The van der Waals surface area contributed by atoms with E-state index in [1.807, 2.05) is 0 Å². The normalized spacial score (nSPS) is 10.6. The molecule has 4 nitrogen and oxygen atoms in total. The summed E-state index contributed by atoms with van der Waals surface area (Å²) in [5.41, 5.74) is 5.61. The second kappa shape index (κ2) is 5.90. The van der Waals surface area contributed by atoms with E-state index in [9.17, 15) is 13.6 Å². The number of alkyl halides is 3. The molecule has 0 aliphatic carbocycles. The van der Waals surface area contributed by atoms with Crippen molar-refractivity contribution in [3.05, 3.63) is 23.0 Å². The van der Waals surface area contributed by atoms with Crippen LogP contribution in [0.4, 0.5) is 14.5 Å². The smallest absolute Gasteiger partial charge is 0.311 e. The lowest BCUT2D eigenvalue weighted by atomic mass is 10.1. The Hall–Kier alpha value is -1.24. The van der Waals surface area contributed by atoms with Gasteiger partial charge < -0.3 is 10.5 Å². The minimum absolute atomic E-state index is 0.0663. The Labute approximate surface area is 105 Å². The van der Waals surface area contributed by atoms with Gasteiger partial charge in [0.05, 0.1) is 30.5 Å². The van der Waals surface area contributed by atoms with Crippen LogP contribution in [0, 0.1) is 0 Å². The predicted molar refractivity (Wildman–Crippen MR) is 62.0 cm³/mol. The number of esters is 1. The van der Waals surface area contributed by atoms with Crippen LogP contribution in [0.3, 0.4) is 0 Å². The summed E-state index contributed by atoms with van der Waals surface area (Å²) in [6.07, 6.45) is -2.79. The maximum absolute atomic E-state index is 12.7. The van der Waals surface area contributed by atoms with E-state index < -0.39 is 12.4 Å². The summed E-state index contributed by atoms with van der Waals surface area (Å²) in [6, 6.07) is 1.27. The maximum Gasteiger partial charge on any atom is 0.311 e. The van der Waals surface area contributed by atoms with Crippen LogP contribution in [0.15, 0.2) is 6.07 Å². The average molecular weight is 309 g/mol. The minimum atomic E-state index is -2.69. The van der Waals surface area contributed by atoms with Crippen LogP contribution < -0.4 is 5.73 Å². The Balaban J connectivity index is 3.13. The molecule has 17 heavy (non-hydrogen) atoms. The van der Waals surface area contributed by atoms with Gasteiger partial charge in [0.25, 0.3) is 6.43 Å². The number of aromatic nitrogens is 1. The standard InChI is InChI=1S/C10H11BrF2N2O2/c1-17-8(16)3-5-2-6(14)9(10(12)13)7(4-11)15-5/h2,10H,3-4H2,1H3,(H2,14,15). The van der Waals surface area contributed by atoms with Gasteiger partial charge in [-0.3, -0.25) is 9.78 Å². The first kappa shape index (κ1) is 13.8. The zero-order valence-corrected chi connectivity index (χ0v) is 10.6. The van der Waals surface area contributed by atoms with Gasteiger partial charge in [-0.2, -0.15) is 0 Å². The van der Waals surface area contributed by atoms with Crippen molar-refractivity contribution in [2.45, 2.75) is 18.2 Å². The predicted octanol–water partition coefficient (Wildman–Crippen LogP) is 2.21. The summed E-state index contributed by atoms with van der Waals surface area (Å²) in [5, 5.41) is 0.145. The summed E-state index contributed by atoms with van der Waals surface area (Å²) in [7, 11) is 1.24. The van der Waals surface area contributed by atoms with Crippen molar-refractivity contribution >= 4 is 27.6 Å². The van der Waals surface area contributed by atoms with Gasteiger partial charge in [-0.05, 0) is 6.07 Å². The Bertz CT molecular complexity index is 427. The third-order valence-corrected chi connectivity index (χ3v) is 2.65. The van der Waals surface area contributed by atoms with Gasteiger partial charge in [-0.25, -0.2) is 8.78 Å². The number of hydrogen-bond donors (Lipinski definition) is 1. The monoisotopic (exact) mass is 308 g/mol. The molecular weight excluding hydrogens is 298 g/mol. The number of ether oxygens (including phenoxy) is 1. The van der Waals surface area contributed by atoms with E-state index in [0.717, 1.165) is 0 Å². The molecule has 0 aromatic carbocycles. The van der Waals surface area contributed by atoms with Crippen molar-refractivity contribution in [2.75, 3.05) is 12.8 Å². The number of anilines is 1. The number of carbonyl (C=O) groups is 1. The molecule has 1 aromatic heterocycles. The van der Waals surface area contributed by atoms with E-state index in [2.05, 4.69) is 25.7 Å². The molecule has 0 saturated carbocycles. The SMILES string of the molecule is COC(=O)Cc1cc(N)c(C(F)F)c(CBr)n1. The lowest BCUT2D eigenvalue weighted by Crippen LogP contribution is -2.10. The maximum atomic E-state index is 12.7. The molecule has 0 atom stereocenters. The number of methoxy groups -OCH3 is 1. The lowest BCUT2D eigenvalue weighted by Gasteiger charge is -2.11. The molecule has 0 aliphatic heterocycles. The highest BCUT2D eigenvalue weighted by molar-refractivity contribution is 9.08. The highest BCUT2D eigenvalue weighted by Crippen LogP contribution is 2.29. The molecule has 0 bridgehead atoms. The van der Waals surface area contributed by atoms with Gasteiger partial charge in [0.2, 0.25) is 0 Å². The van der Waals surface area contributed by atoms with Gasteiger partial charge in [0, 0.05) is 11.0 Å². The van der Waals surface area contributed by atoms with Crippen molar-refractivity contribution in [3.63, 3.8) is 0 Å². The number of hydrogen-bond acceptors (Lipinski definition) is 4. The quantitative estimate of drug-likeness (QED) is 0.684. The zero-order chi connectivity index (χ0) is 13.0. The second-order valence-electron chi connectivity index (χ2n) is 3.25. The molecule has 7 heteroatoms. The van der Waals surface area contributed by atoms with E-state index in [0.29, 0.717) is 5.69 Å². The Morgan fingerprint density at radius 3 is 2.76 bits per heavy atom. The van der Waals surface area contributed by atoms with Crippen LogP contribution in [0.25, 0.3) is 0 Å². The Morgan fingerprint density at radius 2 is 2.29 bits per heavy atom. The fourth-order valence-electron chi connectivity index (χ4n) is 1.35. The number of carbonyl (C=O) groups excluding carboxylic acids is 1.